The summed E-state index contributed by atoms with van der Waals surface area (Å²) >= 11 is 0. The average molecular weight is 387 g/mol. The zero-order valence-electron chi connectivity index (χ0n) is 16.5. The van der Waals surface area contributed by atoms with Gasteiger partial charge in [0.1, 0.15) is 11.9 Å². The zero-order valence-corrected chi connectivity index (χ0v) is 17.3. The van der Waals surface area contributed by atoms with Crippen LogP contribution in [0.15, 0.2) is 42.5 Å². The van der Waals surface area contributed by atoms with Gasteiger partial charge >= 0.3 is 0 Å². The fourth-order valence-corrected chi connectivity index (χ4v) is 4.47. The number of hydrogen-bond acceptors (Lipinski definition) is 3. The quantitative estimate of drug-likeness (QED) is 0.785. The molecule has 2 aliphatic heterocycles. The second-order valence-corrected chi connectivity index (χ2v) is 7.87. The normalized spacial score (nSPS) is 26.8. The van der Waals surface area contributed by atoms with E-state index in [-0.39, 0.29) is 18.5 Å². The smallest absolute Gasteiger partial charge is 0.128 e. The molecule has 0 aliphatic carbocycles. The van der Waals surface area contributed by atoms with E-state index >= 15 is 0 Å². The molecule has 27 heavy (non-hydrogen) atoms. The third-order valence-corrected chi connectivity index (χ3v) is 6.13. The SMILES string of the molecule is Cc1ccc(CN[C@H]2CCCN[C@H]2c2ccccc2)c2c1C(C)C(C)O2.Cl. The number of ether oxygens (including phenoxy) is 1. The average Bonchev–Trinajstić information content (AvgIpc) is 2.98. The minimum Gasteiger partial charge on any atom is -0.489 e. The maximum atomic E-state index is 6.23. The van der Waals surface area contributed by atoms with Crippen molar-refractivity contribution in [2.75, 3.05) is 6.54 Å². The van der Waals surface area contributed by atoms with Crippen molar-refractivity contribution in [2.24, 2.45) is 0 Å². The second kappa shape index (κ2) is 8.64. The van der Waals surface area contributed by atoms with Crippen LogP contribution in [0.4, 0.5) is 0 Å². The van der Waals surface area contributed by atoms with Gasteiger partial charge in [-0.15, -0.1) is 12.4 Å². The summed E-state index contributed by atoms with van der Waals surface area (Å²) in [5.41, 5.74) is 5.41. The number of fused-ring (bicyclic) bond motifs is 1. The fraction of sp³-hybridized carbons (Fsp3) is 0.478. The third-order valence-electron chi connectivity index (χ3n) is 6.13. The van der Waals surface area contributed by atoms with E-state index in [0.717, 1.165) is 18.8 Å². The molecule has 4 rings (SSSR count). The molecular formula is C23H31ClN2O. The van der Waals surface area contributed by atoms with Gasteiger partial charge in [-0.1, -0.05) is 49.4 Å². The number of nitrogens with one attached hydrogen (secondary N) is 2. The lowest BCUT2D eigenvalue weighted by atomic mass is 9.91. The molecule has 2 aliphatic rings. The van der Waals surface area contributed by atoms with Gasteiger partial charge < -0.3 is 15.4 Å². The van der Waals surface area contributed by atoms with Crippen molar-refractivity contribution < 1.29 is 4.74 Å². The molecule has 2 aromatic carbocycles. The number of benzene rings is 2. The largest absolute Gasteiger partial charge is 0.489 e. The van der Waals surface area contributed by atoms with E-state index in [1.165, 1.54) is 35.1 Å². The fourth-order valence-electron chi connectivity index (χ4n) is 4.47. The van der Waals surface area contributed by atoms with Crippen LogP contribution >= 0.6 is 12.4 Å². The summed E-state index contributed by atoms with van der Waals surface area (Å²) in [6, 6.07) is 16.1. The molecule has 0 amide bonds. The van der Waals surface area contributed by atoms with Crippen LogP contribution in [-0.2, 0) is 6.54 Å². The molecule has 146 valence electrons. The summed E-state index contributed by atoms with van der Waals surface area (Å²) < 4.78 is 6.23. The van der Waals surface area contributed by atoms with Gasteiger partial charge in [-0.2, -0.15) is 0 Å². The Balaban J connectivity index is 0.00000210. The van der Waals surface area contributed by atoms with E-state index < -0.39 is 0 Å². The van der Waals surface area contributed by atoms with Crippen LogP contribution in [0.5, 0.6) is 5.75 Å². The Morgan fingerprint density at radius 2 is 1.89 bits per heavy atom. The molecule has 1 saturated heterocycles. The molecule has 2 aromatic rings. The van der Waals surface area contributed by atoms with Crippen molar-refractivity contribution in [1.29, 1.82) is 0 Å². The van der Waals surface area contributed by atoms with Gasteiger partial charge in [0.25, 0.3) is 0 Å². The Morgan fingerprint density at radius 1 is 1.11 bits per heavy atom. The van der Waals surface area contributed by atoms with Crippen LogP contribution in [-0.4, -0.2) is 18.7 Å². The van der Waals surface area contributed by atoms with Crippen molar-refractivity contribution in [3.05, 3.63) is 64.7 Å². The molecule has 0 radical (unpaired) electrons. The van der Waals surface area contributed by atoms with Gasteiger partial charge in [-0.25, -0.2) is 0 Å². The molecule has 4 atom stereocenters. The molecule has 1 fully saturated rings. The highest BCUT2D eigenvalue weighted by molar-refractivity contribution is 5.85. The number of aryl methyl sites for hydroxylation is 1. The summed E-state index contributed by atoms with van der Waals surface area (Å²) in [7, 11) is 0. The minimum absolute atomic E-state index is 0. The van der Waals surface area contributed by atoms with Gasteiger partial charge in [-0.3, -0.25) is 0 Å². The minimum atomic E-state index is 0. The predicted molar refractivity (Wildman–Crippen MR) is 114 cm³/mol. The van der Waals surface area contributed by atoms with Crippen LogP contribution in [0.2, 0.25) is 0 Å². The van der Waals surface area contributed by atoms with E-state index in [1.54, 1.807) is 0 Å². The summed E-state index contributed by atoms with van der Waals surface area (Å²) in [6.45, 7) is 8.60. The number of rotatable bonds is 4. The first kappa shape index (κ1) is 20.2. The van der Waals surface area contributed by atoms with Gasteiger partial charge in [0, 0.05) is 35.7 Å². The molecule has 0 aromatic heterocycles. The number of piperidine rings is 1. The van der Waals surface area contributed by atoms with Gasteiger partial charge in [0.2, 0.25) is 0 Å². The van der Waals surface area contributed by atoms with Gasteiger partial charge in [0.05, 0.1) is 0 Å². The van der Waals surface area contributed by atoms with E-state index in [4.69, 9.17) is 4.74 Å². The maximum absolute atomic E-state index is 6.23. The van der Waals surface area contributed by atoms with E-state index in [9.17, 15) is 0 Å². The van der Waals surface area contributed by atoms with Crippen molar-refractivity contribution in [2.45, 2.75) is 64.3 Å². The predicted octanol–water partition coefficient (Wildman–Crippen LogP) is 4.88. The molecular weight excluding hydrogens is 356 g/mol. The van der Waals surface area contributed by atoms with Crippen molar-refractivity contribution in [3.63, 3.8) is 0 Å². The molecule has 0 spiro atoms. The van der Waals surface area contributed by atoms with Crippen LogP contribution in [0, 0.1) is 6.92 Å². The highest BCUT2D eigenvalue weighted by atomic mass is 35.5. The first-order valence-corrected chi connectivity index (χ1v) is 9.96. The Morgan fingerprint density at radius 3 is 2.67 bits per heavy atom. The molecule has 3 nitrogen and oxygen atoms in total. The molecule has 2 N–H and O–H groups in total. The summed E-state index contributed by atoms with van der Waals surface area (Å²) in [6.07, 6.45) is 2.68. The van der Waals surface area contributed by atoms with E-state index in [2.05, 4.69) is 73.9 Å². The lowest BCUT2D eigenvalue weighted by molar-refractivity contribution is 0.229. The summed E-state index contributed by atoms with van der Waals surface area (Å²) in [5.74, 6) is 1.59. The van der Waals surface area contributed by atoms with Crippen LogP contribution < -0.4 is 15.4 Å². The first-order valence-electron chi connectivity index (χ1n) is 9.96. The molecule has 0 bridgehead atoms. The monoisotopic (exact) mass is 386 g/mol. The van der Waals surface area contributed by atoms with Gasteiger partial charge in [0.15, 0.2) is 0 Å². The Kier molecular flexibility index (Phi) is 6.46. The Labute approximate surface area is 169 Å². The first-order chi connectivity index (χ1) is 12.6. The number of halogens is 1. The molecule has 0 saturated carbocycles. The highest BCUT2D eigenvalue weighted by Crippen LogP contribution is 2.42. The van der Waals surface area contributed by atoms with Crippen molar-refractivity contribution >= 4 is 12.4 Å². The molecule has 4 heteroatoms. The Hall–Kier alpha value is -1.55. The lowest BCUT2D eigenvalue weighted by Crippen LogP contribution is -2.45. The maximum Gasteiger partial charge on any atom is 0.128 e. The third kappa shape index (κ3) is 4.01. The highest BCUT2D eigenvalue weighted by Gasteiger charge is 2.31. The van der Waals surface area contributed by atoms with Gasteiger partial charge in [-0.05, 0) is 44.4 Å². The second-order valence-electron chi connectivity index (χ2n) is 7.87. The topological polar surface area (TPSA) is 33.3 Å². The zero-order chi connectivity index (χ0) is 18.1. The van der Waals surface area contributed by atoms with E-state index in [0.29, 0.717) is 18.0 Å². The van der Waals surface area contributed by atoms with Crippen molar-refractivity contribution in [3.8, 4) is 5.75 Å². The molecule has 2 unspecified atom stereocenters. The number of hydrogen-bond donors (Lipinski definition) is 2. The summed E-state index contributed by atoms with van der Waals surface area (Å²) in [4.78, 5) is 0. The van der Waals surface area contributed by atoms with Crippen LogP contribution in [0.3, 0.4) is 0 Å². The lowest BCUT2D eigenvalue weighted by Gasteiger charge is -2.34. The standard InChI is InChI=1S/C23H30N2O.ClH/c1-15-11-12-19(23-21(15)16(2)17(3)26-23)14-25-20-10-7-13-24-22(20)18-8-5-4-6-9-18;/h4-6,8-9,11-12,16-17,20,22,24-25H,7,10,13-14H2,1-3H3;1H/t16?,17?,20-,22-;/m0./s1. The van der Waals surface area contributed by atoms with Crippen LogP contribution in [0.25, 0.3) is 0 Å². The Bertz CT molecular complexity index is 764. The van der Waals surface area contributed by atoms with Crippen molar-refractivity contribution in [1.82, 2.24) is 10.6 Å². The van der Waals surface area contributed by atoms with E-state index in [1.807, 2.05) is 0 Å². The summed E-state index contributed by atoms with van der Waals surface area (Å²) in [5, 5.41) is 7.53. The van der Waals surface area contributed by atoms with Crippen LogP contribution in [0.1, 0.15) is 60.9 Å². The molecule has 2 heterocycles.